The Labute approximate surface area is 194 Å². The topological polar surface area (TPSA) is 45.1 Å². The number of amides is 1. The molecule has 2 aromatic rings. The fraction of sp³-hybridized carbons (Fsp3) is 0.333. The van der Waals surface area contributed by atoms with Crippen LogP contribution in [0.15, 0.2) is 58.4 Å². The number of amidine groups is 1. The highest BCUT2D eigenvalue weighted by Crippen LogP contribution is 2.33. The summed E-state index contributed by atoms with van der Waals surface area (Å²) in [5, 5.41) is 0.637. The number of hydrogen-bond donors (Lipinski definition) is 0. The summed E-state index contributed by atoms with van der Waals surface area (Å²) >= 11 is 1.33. The van der Waals surface area contributed by atoms with Crippen molar-refractivity contribution in [2.75, 3.05) is 37.7 Å². The number of alkyl halides is 3. The van der Waals surface area contributed by atoms with Gasteiger partial charge >= 0.3 is 6.18 Å². The minimum atomic E-state index is -4.36. The molecule has 2 aliphatic rings. The molecule has 0 N–H and O–H groups in total. The Morgan fingerprint density at radius 1 is 1.06 bits per heavy atom. The Kier molecular flexibility index (Phi) is 6.97. The molecule has 0 radical (unpaired) electrons. The smallest absolute Gasteiger partial charge is 0.416 e. The monoisotopic (exact) mass is 475 g/mol. The second kappa shape index (κ2) is 9.91. The largest absolute Gasteiger partial charge is 0.494 e. The van der Waals surface area contributed by atoms with Gasteiger partial charge < -0.3 is 14.5 Å². The Balaban J connectivity index is 1.36. The number of nitrogens with zero attached hydrogens (tertiary/aromatic N) is 3. The van der Waals surface area contributed by atoms with E-state index in [0.29, 0.717) is 48.5 Å². The van der Waals surface area contributed by atoms with E-state index in [9.17, 15) is 18.0 Å². The number of piperazine rings is 1. The van der Waals surface area contributed by atoms with Crippen LogP contribution in [-0.2, 0) is 11.0 Å². The Hall–Kier alpha value is -2.94. The lowest BCUT2D eigenvalue weighted by Gasteiger charge is -2.36. The van der Waals surface area contributed by atoms with Crippen molar-refractivity contribution in [2.45, 2.75) is 19.5 Å². The first-order valence-electron chi connectivity index (χ1n) is 10.8. The number of benzene rings is 2. The summed E-state index contributed by atoms with van der Waals surface area (Å²) in [6.07, 6.45) is -1.61. The van der Waals surface area contributed by atoms with Crippen LogP contribution in [0.3, 0.4) is 0 Å². The lowest BCUT2D eigenvalue weighted by atomic mass is 10.1. The Morgan fingerprint density at radius 3 is 2.42 bits per heavy atom. The van der Waals surface area contributed by atoms with Gasteiger partial charge in [-0.2, -0.15) is 18.2 Å². The van der Waals surface area contributed by atoms with Crippen molar-refractivity contribution >= 4 is 34.6 Å². The summed E-state index contributed by atoms with van der Waals surface area (Å²) in [5.41, 5.74) is 0.789. The van der Waals surface area contributed by atoms with Crippen molar-refractivity contribution in [1.29, 1.82) is 0 Å². The molecule has 0 aliphatic carbocycles. The normalized spacial score (nSPS) is 18.1. The highest BCUT2D eigenvalue weighted by atomic mass is 32.2. The molecule has 33 heavy (non-hydrogen) atoms. The van der Waals surface area contributed by atoms with Gasteiger partial charge in [0.2, 0.25) is 0 Å². The summed E-state index contributed by atoms with van der Waals surface area (Å²) in [5.74, 6) is 0.515. The molecule has 4 rings (SSSR count). The van der Waals surface area contributed by atoms with Crippen molar-refractivity contribution in [2.24, 2.45) is 4.99 Å². The van der Waals surface area contributed by atoms with Crippen LogP contribution in [0.25, 0.3) is 6.08 Å². The lowest BCUT2D eigenvalue weighted by Crippen LogP contribution is -2.47. The first-order valence-corrected chi connectivity index (χ1v) is 11.6. The van der Waals surface area contributed by atoms with E-state index in [1.165, 1.54) is 23.9 Å². The number of ether oxygens (including phenoxy) is 1. The molecule has 2 aromatic carbocycles. The van der Waals surface area contributed by atoms with Gasteiger partial charge in [0.25, 0.3) is 5.91 Å². The van der Waals surface area contributed by atoms with Gasteiger partial charge in [-0.25, -0.2) is 0 Å². The predicted octanol–water partition coefficient (Wildman–Crippen LogP) is 5.29. The SMILES string of the molecule is CCCOc1ccc(C=C2SC(N3CCN(c4cccc(C(F)(F)F)c4)CC3)=NC2=O)cc1. The molecule has 2 heterocycles. The molecular weight excluding hydrogens is 451 g/mol. The molecular formula is C24H24F3N3O2S. The molecule has 1 fully saturated rings. The van der Waals surface area contributed by atoms with E-state index in [1.54, 1.807) is 6.07 Å². The van der Waals surface area contributed by atoms with Gasteiger partial charge in [0.1, 0.15) is 5.75 Å². The van der Waals surface area contributed by atoms with Crippen molar-refractivity contribution in [3.63, 3.8) is 0 Å². The number of carbonyl (C=O) groups excluding carboxylic acids is 1. The highest BCUT2D eigenvalue weighted by Gasteiger charge is 2.32. The van der Waals surface area contributed by atoms with Gasteiger partial charge in [-0.3, -0.25) is 4.79 Å². The van der Waals surface area contributed by atoms with Crippen LogP contribution in [0, 0.1) is 0 Å². The van der Waals surface area contributed by atoms with Crippen LogP contribution in [-0.4, -0.2) is 48.8 Å². The summed E-state index contributed by atoms with van der Waals surface area (Å²) in [6, 6.07) is 12.9. The summed E-state index contributed by atoms with van der Waals surface area (Å²) in [7, 11) is 0. The number of hydrogen-bond acceptors (Lipinski definition) is 5. The van der Waals surface area contributed by atoms with E-state index in [4.69, 9.17) is 4.74 Å². The second-order valence-corrected chi connectivity index (χ2v) is 8.76. The highest BCUT2D eigenvalue weighted by molar-refractivity contribution is 8.18. The van der Waals surface area contributed by atoms with Crippen molar-refractivity contribution in [3.05, 3.63) is 64.6 Å². The molecule has 1 amide bonds. The molecule has 9 heteroatoms. The number of anilines is 1. The summed E-state index contributed by atoms with van der Waals surface area (Å²) < 4.78 is 44.6. The Morgan fingerprint density at radius 2 is 1.76 bits per heavy atom. The summed E-state index contributed by atoms with van der Waals surface area (Å²) in [6.45, 7) is 4.95. The van der Waals surface area contributed by atoms with Gasteiger partial charge in [0, 0.05) is 31.9 Å². The minimum absolute atomic E-state index is 0.276. The molecule has 0 bridgehead atoms. The summed E-state index contributed by atoms with van der Waals surface area (Å²) in [4.78, 5) is 21.1. The van der Waals surface area contributed by atoms with Crippen LogP contribution in [0.1, 0.15) is 24.5 Å². The van der Waals surface area contributed by atoms with Crippen molar-refractivity contribution in [3.8, 4) is 5.75 Å². The lowest BCUT2D eigenvalue weighted by molar-refractivity contribution is -0.137. The van der Waals surface area contributed by atoms with Crippen LogP contribution in [0.5, 0.6) is 5.75 Å². The van der Waals surface area contributed by atoms with Crippen LogP contribution in [0.2, 0.25) is 0 Å². The standard InChI is InChI=1S/C24H24F3N3O2S/c1-2-14-32-20-8-6-17(7-9-20)15-21-22(31)28-23(33-21)30-12-10-29(11-13-30)19-5-3-4-18(16-19)24(25,26)27/h3-9,15-16H,2,10-14H2,1H3. The molecule has 2 aliphatic heterocycles. The number of thioether (sulfide) groups is 1. The minimum Gasteiger partial charge on any atom is -0.494 e. The quantitative estimate of drug-likeness (QED) is 0.550. The zero-order valence-corrected chi connectivity index (χ0v) is 19.0. The van der Waals surface area contributed by atoms with Crippen LogP contribution < -0.4 is 9.64 Å². The third-order valence-electron chi connectivity index (χ3n) is 5.35. The average Bonchev–Trinajstić information content (AvgIpc) is 3.18. The third kappa shape index (κ3) is 5.71. The van der Waals surface area contributed by atoms with Gasteiger partial charge in [0.15, 0.2) is 5.17 Å². The van der Waals surface area contributed by atoms with Crippen LogP contribution >= 0.6 is 11.8 Å². The molecule has 0 atom stereocenters. The molecule has 174 valence electrons. The first-order chi connectivity index (χ1) is 15.8. The maximum Gasteiger partial charge on any atom is 0.416 e. The zero-order chi connectivity index (χ0) is 23.4. The fourth-order valence-electron chi connectivity index (χ4n) is 3.60. The van der Waals surface area contributed by atoms with E-state index >= 15 is 0 Å². The van der Waals surface area contributed by atoms with Gasteiger partial charge in [-0.1, -0.05) is 25.1 Å². The molecule has 0 aromatic heterocycles. The maximum absolute atomic E-state index is 13.0. The third-order valence-corrected chi connectivity index (χ3v) is 6.39. The predicted molar refractivity (Wildman–Crippen MR) is 125 cm³/mol. The molecule has 5 nitrogen and oxygen atoms in total. The molecule has 1 saturated heterocycles. The Bertz CT molecular complexity index is 1060. The number of halogens is 3. The van der Waals surface area contributed by atoms with E-state index in [0.717, 1.165) is 23.8 Å². The van der Waals surface area contributed by atoms with Crippen molar-refractivity contribution < 1.29 is 22.7 Å². The average molecular weight is 476 g/mol. The van der Waals surface area contributed by atoms with E-state index in [2.05, 4.69) is 4.99 Å². The molecule has 0 saturated carbocycles. The second-order valence-electron chi connectivity index (χ2n) is 7.75. The first kappa shape index (κ1) is 23.2. The van der Waals surface area contributed by atoms with Crippen molar-refractivity contribution in [1.82, 2.24) is 4.90 Å². The van der Waals surface area contributed by atoms with Gasteiger partial charge in [-0.15, -0.1) is 0 Å². The van der Waals surface area contributed by atoms with E-state index in [1.807, 2.05) is 47.1 Å². The number of carbonyl (C=O) groups is 1. The molecule has 0 unspecified atom stereocenters. The number of aliphatic imine (C=N–C) groups is 1. The molecule has 0 spiro atoms. The maximum atomic E-state index is 13.0. The fourth-order valence-corrected chi connectivity index (χ4v) is 4.56. The van der Waals surface area contributed by atoms with E-state index < -0.39 is 11.7 Å². The van der Waals surface area contributed by atoms with E-state index in [-0.39, 0.29) is 5.91 Å². The van der Waals surface area contributed by atoms with Crippen LogP contribution in [0.4, 0.5) is 18.9 Å². The van der Waals surface area contributed by atoms with Gasteiger partial charge in [0.05, 0.1) is 17.1 Å². The van der Waals surface area contributed by atoms with Gasteiger partial charge in [-0.05, 0) is 60.2 Å². The number of rotatable bonds is 5. The zero-order valence-electron chi connectivity index (χ0n) is 18.1.